The molecule has 6 heteroatoms. The van der Waals surface area contributed by atoms with E-state index in [1.807, 2.05) is 74.5 Å². The van der Waals surface area contributed by atoms with Crippen molar-refractivity contribution < 1.29 is 29.0 Å². The smallest absolute Gasteiger partial charge is 0.319 e. The van der Waals surface area contributed by atoms with Crippen LogP contribution in [-0.2, 0) is 23.9 Å². The van der Waals surface area contributed by atoms with Gasteiger partial charge >= 0.3 is 5.97 Å². The Hall–Kier alpha value is -2.47. The lowest BCUT2D eigenvalue weighted by Crippen LogP contribution is -2.66. The quantitative estimate of drug-likeness (QED) is 0.115. The number of methoxy groups -OCH3 is 1. The van der Waals surface area contributed by atoms with Crippen LogP contribution in [-0.4, -0.2) is 41.5 Å². The van der Waals surface area contributed by atoms with Crippen LogP contribution in [0.15, 0.2) is 46.3 Å². The molecule has 2 aliphatic carbocycles. The number of Topliss-reactive ketones (excluding diaryl/α,β-unsaturated/α-hetero) is 2. The van der Waals surface area contributed by atoms with Gasteiger partial charge in [-0.3, -0.25) is 14.4 Å². The number of rotatable bonds is 11. The Morgan fingerprint density at radius 3 is 2.05 bits per heavy atom. The fraction of sp³-hybridized carbons (Fsp3) is 0.694. The van der Waals surface area contributed by atoms with Gasteiger partial charge in [-0.2, -0.15) is 0 Å². The Morgan fingerprint density at radius 2 is 1.57 bits per heavy atom. The molecule has 1 saturated carbocycles. The molecule has 0 unspecified atom stereocenters. The summed E-state index contributed by atoms with van der Waals surface area (Å²) in [6.45, 7) is 21.7. The highest BCUT2D eigenvalue weighted by Gasteiger charge is 2.76. The first-order valence-electron chi connectivity index (χ1n) is 15.5. The van der Waals surface area contributed by atoms with Gasteiger partial charge in [-0.25, -0.2) is 0 Å². The lowest BCUT2D eigenvalue weighted by atomic mass is 9.40. The average Bonchev–Trinajstić information content (AvgIpc) is 3.52. The van der Waals surface area contributed by atoms with Crippen LogP contribution in [0.2, 0.25) is 0 Å². The minimum atomic E-state index is -1.50. The fourth-order valence-electron chi connectivity index (χ4n) is 7.55. The molecule has 3 rings (SSSR count). The molecule has 0 aromatic carbocycles. The van der Waals surface area contributed by atoms with Crippen LogP contribution in [0.4, 0.5) is 0 Å². The maximum atomic E-state index is 15.3. The zero-order chi connectivity index (χ0) is 32.0. The van der Waals surface area contributed by atoms with E-state index in [-0.39, 0.29) is 54.5 Å². The first-order valence-corrected chi connectivity index (χ1v) is 15.5. The van der Waals surface area contributed by atoms with Crippen LogP contribution < -0.4 is 0 Å². The highest BCUT2D eigenvalue weighted by Crippen LogP contribution is 2.70. The minimum absolute atomic E-state index is 0.160. The number of allylic oxidation sites excluding steroid dienone is 8. The van der Waals surface area contributed by atoms with Crippen LogP contribution in [0.1, 0.15) is 108 Å². The average molecular weight is 583 g/mol. The fourth-order valence-corrected chi connectivity index (χ4v) is 7.55. The lowest BCUT2D eigenvalue weighted by Gasteiger charge is -2.60. The van der Waals surface area contributed by atoms with Crippen molar-refractivity contribution in [1.82, 2.24) is 0 Å². The second-order valence-corrected chi connectivity index (χ2v) is 14.9. The third-order valence-electron chi connectivity index (χ3n) is 10.1. The van der Waals surface area contributed by atoms with Gasteiger partial charge in [0.2, 0.25) is 0 Å². The maximum absolute atomic E-state index is 15.3. The van der Waals surface area contributed by atoms with E-state index < -0.39 is 33.7 Å². The summed E-state index contributed by atoms with van der Waals surface area (Å²) in [5.74, 6) is -2.34. The monoisotopic (exact) mass is 582 g/mol. The number of aliphatic hydroxyl groups excluding tert-OH is 1. The van der Waals surface area contributed by atoms with Crippen molar-refractivity contribution >= 4 is 17.5 Å². The van der Waals surface area contributed by atoms with Crippen LogP contribution in [0.25, 0.3) is 0 Å². The zero-order valence-corrected chi connectivity index (χ0v) is 28.1. The number of hydrogen-bond donors (Lipinski definition) is 1. The summed E-state index contributed by atoms with van der Waals surface area (Å²) >= 11 is 0. The van der Waals surface area contributed by atoms with Gasteiger partial charge in [0.15, 0.2) is 11.6 Å². The van der Waals surface area contributed by atoms with Crippen molar-refractivity contribution in [3.63, 3.8) is 0 Å². The molecule has 234 valence electrons. The van der Waals surface area contributed by atoms with E-state index in [2.05, 4.69) is 19.9 Å². The highest BCUT2D eigenvalue weighted by atomic mass is 16.6. The van der Waals surface area contributed by atoms with E-state index in [0.29, 0.717) is 5.57 Å². The van der Waals surface area contributed by atoms with E-state index >= 15 is 4.79 Å². The molecule has 42 heavy (non-hydrogen) atoms. The van der Waals surface area contributed by atoms with E-state index in [4.69, 9.17) is 9.47 Å². The van der Waals surface area contributed by atoms with E-state index in [9.17, 15) is 14.7 Å². The number of epoxide rings is 1. The molecular weight excluding hydrogens is 528 g/mol. The first kappa shape index (κ1) is 34.0. The Bertz CT molecular complexity index is 1230. The molecule has 1 N–H and O–H groups in total. The molecule has 1 saturated heterocycles. The number of fused-ring (bicyclic) bond motifs is 2. The van der Waals surface area contributed by atoms with Crippen LogP contribution in [0, 0.1) is 34.0 Å². The van der Waals surface area contributed by atoms with E-state index in [0.717, 1.165) is 24.0 Å². The molecule has 0 amide bonds. The molecular formula is C36H54O6. The Balaban J connectivity index is 2.35. The van der Waals surface area contributed by atoms with Crippen LogP contribution in [0.5, 0.6) is 0 Å². The van der Waals surface area contributed by atoms with Crippen molar-refractivity contribution in [1.29, 1.82) is 0 Å². The van der Waals surface area contributed by atoms with Gasteiger partial charge < -0.3 is 14.6 Å². The summed E-state index contributed by atoms with van der Waals surface area (Å²) in [5.41, 5.74) is -0.641. The maximum Gasteiger partial charge on any atom is 0.319 e. The molecule has 0 spiro atoms. The summed E-state index contributed by atoms with van der Waals surface area (Å²) in [6, 6.07) is 0. The molecule has 3 aliphatic rings. The summed E-state index contributed by atoms with van der Waals surface area (Å²) in [4.78, 5) is 43.0. The van der Waals surface area contributed by atoms with Gasteiger partial charge in [0.05, 0.1) is 24.2 Å². The molecule has 6 nitrogen and oxygen atoms in total. The van der Waals surface area contributed by atoms with E-state index in [1.54, 1.807) is 0 Å². The Labute approximate surface area is 253 Å². The van der Waals surface area contributed by atoms with Gasteiger partial charge in [0.1, 0.15) is 11.2 Å². The highest BCUT2D eigenvalue weighted by molar-refractivity contribution is 6.10. The summed E-state index contributed by atoms with van der Waals surface area (Å²) in [6.07, 6.45) is 8.13. The largest absolute Gasteiger partial charge is 0.511 e. The van der Waals surface area contributed by atoms with Gasteiger partial charge in [0, 0.05) is 17.4 Å². The molecule has 1 heterocycles. The molecule has 5 atom stereocenters. The molecule has 0 radical (unpaired) electrons. The Morgan fingerprint density at radius 1 is 1.00 bits per heavy atom. The number of aliphatic hydroxyl groups is 1. The van der Waals surface area contributed by atoms with Crippen molar-refractivity contribution in [2.45, 2.75) is 120 Å². The van der Waals surface area contributed by atoms with Crippen molar-refractivity contribution in [2.75, 3.05) is 7.11 Å². The molecule has 0 aromatic rings. The predicted octanol–water partition coefficient (Wildman–Crippen LogP) is 8.03. The molecule has 2 fully saturated rings. The predicted molar refractivity (Wildman–Crippen MR) is 167 cm³/mol. The number of ketones is 2. The third kappa shape index (κ3) is 5.73. The van der Waals surface area contributed by atoms with E-state index in [1.165, 1.54) is 12.7 Å². The lowest BCUT2D eigenvalue weighted by molar-refractivity contribution is -0.178. The van der Waals surface area contributed by atoms with Gasteiger partial charge in [-0.15, -0.1) is 0 Å². The molecule has 1 aliphatic heterocycles. The zero-order valence-electron chi connectivity index (χ0n) is 28.1. The molecule has 2 bridgehead atoms. The minimum Gasteiger partial charge on any atom is -0.511 e. The number of hydrogen-bond acceptors (Lipinski definition) is 6. The second kappa shape index (κ2) is 11.9. The summed E-state index contributed by atoms with van der Waals surface area (Å²) < 4.78 is 11.6. The number of ether oxygens (including phenoxy) is 2. The topological polar surface area (TPSA) is 93.2 Å². The van der Waals surface area contributed by atoms with Gasteiger partial charge in [-0.05, 0) is 91.9 Å². The standard InChI is InChI=1S/C36H54O6/c1-21(2)14-13-15-24(7)17-18-35(32(40)41-12)20-25-26(30-34(10,11)42-30)36(31(35)39,19-16-22(3)4)29(38)27(33(25,8)9)28(37)23(5)6/h14,16-17,23,25-26,30,38H,13,15,18-20H2,1-12H3/b24-17+/t25-,26-,30-,35+,36+/m1/s1. The first-order chi connectivity index (χ1) is 19.3. The van der Waals surface area contributed by atoms with Gasteiger partial charge in [0.25, 0.3) is 0 Å². The van der Waals surface area contributed by atoms with Crippen molar-refractivity contribution in [3.05, 3.63) is 46.3 Å². The van der Waals surface area contributed by atoms with Crippen molar-refractivity contribution in [2.24, 2.45) is 34.0 Å². The van der Waals surface area contributed by atoms with Gasteiger partial charge in [-0.1, -0.05) is 62.6 Å². The number of esters is 1. The third-order valence-corrected chi connectivity index (χ3v) is 10.1. The second-order valence-electron chi connectivity index (χ2n) is 14.9. The SMILES string of the molecule is COC(=O)[C@@]1(C/C=C(\C)CCC=C(C)C)C[C@@H]2[C@H]([C@H]3OC3(C)C)[C@](CC=C(C)C)(C1=O)C(O)=C(C(=O)C(C)C)C2(C)C. The summed E-state index contributed by atoms with van der Waals surface area (Å²) in [7, 11) is 1.33. The van der Waals surface area contributed by atoms with Crippen LogP contribution in [0.3, 0.4) is 0 Å². The Kier molecular flexibility index (Phi) is 9.64. The van der Waals surface area contributed by atoms with Crippen molar-refractivity contribution in [3.8, 4) is 0 Å². The number of carbonyl (C=O) groups is 3. The number of carbonyl (C=O) groups excluding carboxylic acids is 3. The summed E-state index contributed by atoms with van der Waals surface area (Å²) in [5, 5.41) is 12.4. The normalized spacial score (nSPS) is 31.5. The van der Waals surface area contributed by atoms with Crippen LogP contribution >= 0.6 is 0 Å². The molecule has 0 aromatic heterocycles.